The third-order valence-corrected chi connectivity index (χ3v) is 4.21. The summed E-state index contributed by atoms with van der Waals surface area (Å²) in [5.74, 6) is -0.0314. The summed E-state index contributed by atoms with van der Waals surface area (Å²) in [5, 5.41) is 0. The molecular formula is C17H15NO2. The number of epoxide rings is 1. The van der Waals surface area contributed by atoms with E-state index in [1.807, 2.05) is 49.5 Å². The van der Waals surface area contributed by atoms with Gasteiger partial charge in [0, 0.05) is 12.7 Å². The van der Waals surface area contributed by atoms with Crippen LogP contribution in [0.4, 0.5) is 5.69 Å². The minimum atomic E-state index is -0.165. The predicted octanol–water partition coefficient (Wildman–Crippen LogP) is 2.89. The van der Waals surface area contributed by atoms with Gasteiger partial charge < -0.3 is 9.64 Å². The van der Waals surface area contributed by atoms with Gasteiger partial charge in [-0.3, -0.25) is 4.79 Å². The Bertz CT molecular complexity index is 668. The van der Waals surface area contributed by atoms with Gasteiger partial charge in [0.2, 0.25) is 5.91 Å². The molecule has 3 atom stereocenters. The highest BCUT2D eigenvalue weighted by atomic mass is 16.6. The van der Waals surface area contributed by atoms with Crippen molar-refractivity contribution in [3.05, 3.63) is 65.7 Å². The smallest absolute Gasteiger partial charge is 0.237 e. The third-order valence-electron chi connectivity index (χ3n) is 4.21. The van der Waals surface area contributed by atoms with Gasteiger partial charge in [-0.15, -0.1) is 0 Å². The van der Waals surface area contributed by atoms with Gasteiger partial charge in [-0.25, -0.2) is 0 Å². The lowest BCUT2D eigenvalue weighted by Crippen LogP contribution is -2.26. The van der Waals surface area contributed by atoms with Gasteiger partial charge in [0.05, 0.1) is 5.92 Å². The highest BCUT2D eigenvalue weighted by Gasteiger charge is 2.53. The van der Waals surface area contributed by atoms with Crippen LogP contribution < -0.4 is 4.90 Å². The molecule has 0 aromatic heterocycles. The zero-order valence-corrected chi connectivity index (χ0v) is 11.2. The zero-order valence-electron chi connectivity index (χ0n) is 11.2. The van der Waals surface area contributed by atoms with Crippen molar-refractivity contribution < 1.29 is 9.53 Å². The summed E-state index contributed by atoms with van der Waals surface area (Å²) in [5.41, 5.74) is 3.24. The van der Waals surface area contributed by atoms with Crippen LogP contribution in [0.3, 0.4) is 0 Å². The first-order valence-corrected chi connectivity index (χ1v) is 6.84. The molecular weight excluding hydrogens is 250 g/mol. The van der Waals surface area contributed by atoms with E-state index in [-0.39, 0.29) is 24.0 Å². The van der Waals surface area contributed by atoms with Crippen LogP contribution in [0.25, 0.3) is 0 Å². The lowest BCUT2D eigenvalue weighted by Gasteiger charge is -2.09. The summed E-state index contributed by atoms with van der Waals surface area (Å²) < 4.78 is 5.82. The van der Waals surface area contributed by atoms with Gasteiger partial charge in [-0.2, -0.15) is 0 Å². The quantitative estimate of drug-likeness (QED) is 0.782. The maximum Gasteiger partial charge on any atom is 0.237 e. The molecule has 20 heavy (non-hydrogen) atoms. The van der Waals surface area contributed by atoms with E-state index in [0.717, 1.165) is 16.8 Å². The van der Waals surface area contributed by atoms with Crippen molar-refractivity contribution in [2.24, 2.45) is 0 Å². The van der Waals surface area contributed by atoms with Crippen LogP contribution in [-0.2, 0) is 9.53 Å². The number of para-hydroxylation sites is 1. The van der Waals surface area contributed by atoms with Crippen molar-refractivity contribution in [2.45, 2.75) is 18.1 Å². The molecule has 1 fully saturated rings. The molecule has 2 aromatic carbocycles. The average molecular weight is 265 g/mol. The van der Waals surface area contributed by atoms with E-state index in [1.54, 1.807) is 4.90 Å². The van der Waals surface area contributed by atoms with Crippen molar-refractivity contribution in [2.75, 3.05) is 11.9 Å². The molecule has 2 aliphatic heterocycles. The normalized spacial score (nSPS) is 27.6. The molecule has 3 nitrogen and oxygen atoms in total. The average Bonchev–Trinajstić information content (AvgIpc) is 3.24. The third kappa shape index (κ3) is 1.60. The summed E-state index contributed by atoms with van der Waals surface area (Å²) in [6, 6.07) is 18.1. The first-order valence-electron chi connectivity index (χ1n) is 6.84. The van der Waals surface area contributed by atoms with Crippen molar-refractivity contribution in [3.63, 3.8) is 0 Å². The Morgan fingerprint density at radius 1 is 1.00 bits per heavy atom. The van der Waals surface area contributed by atoms with E-state index in [1.165, 1.54) is 0 Å². The van der Waals surface area contributed by atoms with Crippen molar-refractivity contribution in [1.82, 2.24) is 0 Å². The molecule has 1 saturated heterocycles. The van der Waals surface area contributed by atoms with Crippen LogP contribution in [0, 0.1) is 0 Å². The molecule has 2 heterocycles. The van der Waals surface area contributed by atoms with Crippen molar-refractivity contribution in [1.29, 1.82) is 0 Å². The fraction of sp³-hybridized carbons (Fsp3) is 0.235. The number of amides is 1. The van der Waals surface area contributed by atoms with Gasteiger partial charge in [0.1, 0.15) is 12.2 Å². The monoisotopic (exact) mass is 265 g/mol. The van der Waals surface area contributed by atoms with E-state index in [0.29, 0.717) is 0 Å². The zero-order chi connectivity index (χ0) is 13.7. The van der Waals surface area contributed by atoms with E-state index in [2.05, 4.69) is 12.1 Å². The molecule has 3 heteroatoms. The number of hydrogen-bond donors (Lipinski definition) is 0. The highest BCUT2D eigenvalue weighted by Crippen LogP contribution is 2.51. The predicted molar refractivity (Wildman–Crippen MR) is 76.6 cm³/mol. The molecule has 0 bridgehead atoms. The minimum Gasteiger partial charge on any atom is -0.363 e. The molecule has 100 valence electrons. The number of rotatable bonds is 2. The molecule has 0 N–H and O–H groups in total. The molecule has 4 rings (SSSR count). The Morgan fingerprint density at radius 3 is 2.50 bits per heavy atom. The minimum absolute atomic E-state index is 0.0315. The second-order valence-electron chi connectivity index (χ2n) is 5.37. The summed E-state index contributed by atoms with van der Waals surface area (Å²) in [6.45, 7) is 0. The van der Waals surface area contributed by atoms with E-state index in [4.69, 9.17) is 4.74 Å². The molecule has 0 aliphatic carbocycles. The lowest BCUT2D eigenvalue weighted by atomic mass is 9.93. The maximum absolute atomic E-state index is 12.5. The number of nitrogens with zero attached hydrogens (tertiary/aromatic N) is 1. The second kappa shape index (κ2) is 4.18. The van der Waals surface area contributed by atoms with Crippen LogP contribution in [-0.4, -0.2) is 19.1 Å². The van der Waals surface area contributed by atoms with Crippen molar-refractivity contribution in [3.8, 4) is 0 Å². The van der Waals surface area contributed by atoms with Gasteiger partial charge >= 0.3 is 0 Å². The Morgan fingerprint density at radius 2 is 1.70 bits per heavy atom. The summed E-state index contributed by atoms with van der Waals surface area (Å²) in [7, 11) is 1.83. The van der Waals surface area contributed by atoms with Crippen molar-refractivity contribution >= 4 is 11.6 Å². The standard InChI is InChI=1S/C17H15NO2/c1-18-13-10-6-5-9-12(13)14(17(18)19)16-15(20-16)11-7-3-2-4-8-11/h2-10,14-16H,1H3. The number of likely N-dealkylation sites (N-methyl/N-ethyl adjacent to an activating group) is 1. The number of ether oxygens (including phenoxy) is 1. The van der Waals surface area contributed by atoms with E-state index < -0.39 is 0 Å². The van der Waals surface area contributed by atoms with E-state index >= 15 is 0 Å². The summed E-state index contributed by atoms with van der Waals surface area (Å²) >= 11 is 0. The molecule has 2 aromatic rings. The molecule has 0 saturated carbocycles. The van der Waals surface area contributed by atoms with Gasteiger partial charge in [-0.1, -0.05) is 48.5 Å². The Labute approximate surface area is 117 Å². The first kappa shape index (κ1) is 11.7. The van der Waals surface area contributed by atoms with Crippen LogP contribution in [0.5, 0.6) is 0 Å². The van der Waals surface area contributed by atoms with Crippen LogP contribution >= 0.6 is 0 Å². The van der Waals surface area contributed by atoms with E-state index in [9.17, 15) is 4.79 Å². The van der Waals surface area contributed by atoms with Crippen LogP contribution in [0.15, 0.2) is 54.6 Å². The number of fused-ring (bicyclic) bond motifs is 1. The Balaban J connectivity index is 1.67. The topological polar surface area (TPSA) is 32.8 Å². The van der Waals surface area contributed by atoms with Crippen LogP contribution in [0.2, 0.25) is 0 Å². The van der Waals surface area contributed by atoms with Gasteiger partial charge in [0.15, 0.2) is 0 Å². The molecule has 0 radical (unpaired) electrons. The number of carbonyl (C=O) groups excluding carboxylic acids is 1. The largest absolute Gasteiger partial charge is 0.363 e. The number of benzene rings is 2. The number of anilines is 1. The second-order valence-corrected chi connectivity index (χ2v) is 5.37. The fourth-order valence-electron chi connectivity index (χ4n) is 3.12. The Hall–Kier alpha value is -2.13. The Kier molecular flexibility index (Phi) is 2.44. The maximum atomic E-state index is 12.5. The SMILES string of the molecule is CN1C(=O)C(C2OC2c2ccccc2)c2ccccc21. The number of hydrogen-bond acceptors (Lipinski definition) is 2. The molecule has 1 amide bonds. The van der Waals surface area contributed by atoms with Crippen LogP contribution in [0.1, 0.15) is 23.1 Å². The molecule has 0 spiro atoms. The lowest BCUT2D eigenvalue weighted by molar-refractivity contribution is -0.119. The van der Waals surface area contributed by atoms with Gasteiger partial charge in [0.25, 0.3) is 0 Å². The summed E-state index contributed by atoms with van der Waals surface area (Å²) in [4.78, 5) is 14.2. The summed E-state index contributed by atoms with van der Waals surface area (Å²) in [6.07, 6.45) is 0.0145. The highest BCUT2D eigenvalue weighted by molar-refractivity contribution is 6.05. The molecule has 3 unspecified atom stereocenters. The first-order chi connectivity index (χ1) is 9.77. The molecule has 2 aliphatic rings. The fourth-order valence-corrected chi connectivity index (χ4v) is 3.12. The number of carbonyl (C=O) groups is 1. The van der Waals surface area contributed by atoms with Gasteiger partial charge in [-0.05, 0) is 17.2 Å².